The number of imidazole rings is 1. The summed E-state index contributed by atoms with van der Waals surface area (Å²) in [5.74, 6) is 0.936. The van der Waals surface area contributed by atoms with E-state index in [0.29, 0.717) is 6.04 Å². The molecule has 2 heterocycles. The van der Waals surface area contributed by atoms with Crippen molar-refractivity contribution in [3.05, 3.63) is 58.3 Å². The Morgan fingerprint density at radius 2 is 1.92 bits per heavy atom. The number of rotatable bonds is 4. The molecule has 2 aromatic heterocycles. The Morgan fingerprint density at radius 3 is 2.69 bits per heavy atom. The van der Waals surface area contributed by atoms with Gasteiger partial charge in [-0.1, -0.05) is 37.5 Å². The van der Waals surface area contributed by atoms with E-state index in [4.69, 9.17) is 4.98 Å². The van der Waals surface area contributed by atoms with Gasteiger partial charge in [-0.3, -0.25) is 14.5 Å². The van der Waals surface area contributed by atoms with Gasteiger partial charge in [0.25, 0.3) is 5.69 Å². The lowest BCUT2D eigenvalue weighted by Gasteiger charge is -2.24. The van der Waals surface area contributed by atoms with Crippen molar-refractivity contribution < 1.29 is 4.92 Å². The summed E-state index contributed by atoms with van der Waals surface area (Å²) in [6, 6.07) is 13.1. The van der Waals surface area contributed by atoms with Crippen LogP contribution in [0.2, 0.25) is 0 Å². The molecular weight excluding hydrogens is 328 g/mol. The van der Waals surface area contributed by atoms with Gasteiger partial charge in [0.05, 0.1) is 4.92 Å². The van der Waals surface area contributed by atoms with E-state index in [1.54, 1.807) is 12.1 Å². The topological polar surface area (TPSA) is 72.5 Å². The second-order valence-electron chi connectivity index (χ2n) is 6.96. The fourth-order valence-electron chi connectivity index (χ4n) is 3.80. The lowest BCUT2D eigenvalue weighted by atomic mass is 9.95. The number of anilines is 1. The number of nitrogens with one attached hydrogen (secondary N) is 1. The first-order valence-electron chi connectivity index (χ1n) is 9.13. The van der Waals surface area contributed by atoms with Crippen LogP contribution in [0.3, 0.4) is 0 Å². The van der Waals surface area contributed by atoms with Crippen LogP contribution in [-0.2, 0) is 0 Å². The minimum Gasteiger partial charge on any atom is -0.367 e. The van der Waals surface area contributed by atoms with Crippen LogP contribution in [0.25, 0.3) is 16.9 Å². The molecule has 1 saturated carbocycles. The molecule has 0 saturated heterocycles. The van der Waals surface area contributed by atoms with Gasteiger partial charge in [-0.15, -0.1) is 0 Å². The van der Waals surface area contributed by atoms with Gasteiger partial charge < -0.3 is 5.32 Å². The first kappa shape index (κ1) is 16.6. The van der Waals surface area contributed by atoms with Crippen LogP contribution in [0.4, 0.5) is 11.5 Å². The van der Waals surface area contributed by atoms with Crippen molar-refractivity contribution in [2.45, 2.75) is 45.1 Å². The van der Waals surface area contributed by atoms with Crippen LogP contribution >= 0.6 is 0 Å². The number of benzene rings is 1. The lowest BCUT2D eigenvalue weighted by molar-refractivity contribution is -0.384. The molecule has 0 aliphatic heterocycles. The van der Waals surface area contributed by atoms with Gasteiger partial charge in [-0.25, -0.2) is 4.98 Å². The summed E-state index contributed by atoms with van der Waals surface area (Å²) >= 11 is 0. The number of aromatic nitrogens is 2. The van der Waals surface area contributed by atoms with Crippen molar-refractivity contribution in [2.24, 2.45) is 0 Å². The highest BCUT2D eigenvalue weighted by molar-refractivity contribution is 5.78. The molecule has 0 amide bonds. The Balaban J connectivity index is 1.85. The SMILES string of the molecule is Cc1cccc2nc(-c3cccc([N+](=O)[O-])c3)c(NC3CCCCC3)n12. The van der Waals surface area contributed by atoms with Crippen LogP contribution in [0.1, 0.15) is 37.8 Å². The molecule has 0 spiro atoms. The van der Waals surface area contributed by atoms with Crippen molar-refractivity contribution in [3.8, 4) is 11.3 Å². The molecule has 4 rings (SSSR count). The van der Waals surface area contributed by atoms with Gasteiger partial charge in [0.1, 0.15) is 17.2 Å². The Kier molecular flexibility index (Phi) is 4.32. The predicted octanol–water partition coefficient (Wildman–Crippen LogP) is 4.96. The summed E-state index contributed by atoms with van der Waals surface area (Å²) in [5, 5.41) is 14.9. The van der Waals surface area contributed by atoms with Crippen LogP contribution in [0, 0.1) is 17.0 Å². The summed E-state index contributed by atoms with van der Waals surface area (Å²) < 4.78 is 2.11. The summed E-state index contributed by atoms with van der Waals surface area (Å²) in [4.78, 5) is 15.6. The van der Waals surface area contributed by atoms with Gasteiger partial charge in [0.15, 0.2) is 0 Å². The van der Waals surface area contributed by atoms with E-state index >= 15 is 0 Å². The second kappa shape index (κ2) is 6.78. The molecule has 1 aromatic carbocycles. The summed E-state index contributed by atoms with van der Waals surface area (Å²) in [5.41, 5.74) is 3.56. The second-order valence-corrected chi connectivity index (χ2v) is 6.96. The van der Waals surface area contributed by atoms with Crippen molar-refractivity contribution in [3.63, 3.8) is 0 Å². The average molecular weight is 350 g/mol. The third-order valence-corrected chi connectivity index (χ3v) is 5.12. The molecule has 26 heavy (non-hydrogen) atoms. The van der Waals surface area contributed by atoms with Crippen LogP contribution < -0.4 is 5.32 Å². The van der Waals surface area contributed by atoms with Gasteiger partial charge in [0, 0.05) is 29.4 Å². The minimum atomic E-state index is -0.362. The highest BCUT2D eigenvalue weighted by Gasteiger charge is 2.21. The van der Waals surface area contributed by atoms with Gasteiger partial charge in [-0.2, -0.15) is 0 Å². The van der Waals surface area contributed by atoms with Crippen LogP contribution in [0.15, 0.2) is 42.5 Å². The van der Waals surface area contributed by atoms with E-state index in [1.807, 2.05) is 18.2 Å². The molecule has 1 aliphatic rings. The largest absolute Gasteiger partial charge is 0.367 e. The molecule has 6 nitrogen and oxygen atoms in total. The van der Waals surface area contributed by atoms with Crippen LogP contribution in [-0.4, -0.2) is 20.3 Å². The molecule has 0 radical (unpaired) electrons. The maximum absolute atomic E-state index is 11.2. The monoisotopic (exact) mass is 350 g/mol. The van der Waals surface area contributed by atoms with Crippen molar-refractivity contribution in [2.75, 3.05) is 5.32 Å². The van der Waals surface area contributed by atoms with E-state index in [9.17, 15) is 10.1 Å². The molecule has 1 N–H and O–H groups in total. The van der Waals surface area contributed by atoms with Crippen molar-refractivity contribution >= 4 is 17.2 Å². The third-order valence-electron chi connectivity index (χ3n) is 5.12. The zero-order valence-corrected chi connectivity index (χ0v) is 14.8. The zero-order chi connectivity index (χ0) is 18.1. The fourth-order valence-corrected chi connectivity index (χ4v) is 3.80. The Labute approximate surface area is 152 Å². The Hall–Kier alpha value is -2.89. The smallest absolute Gasteiger partial charge is 0.270 e. The highest BCUT2D eigenvalue weighted by atomic mass is 16.6. The summed E-state index contributed by atoms with van der Waals surface area (Å²) in [6.07, 6.45) is 6.06. The molecule has 3 aromatic rings. The maximum atomic E-state index is 11.2. The number of pyridine rings is 1. The van der Waals surface area contributed by atoms with E-state index in [-0.39, 0.29) is 10.6 Å². The standard InChI is InChI=1S/C20H22N4O2/c1-14-7-5-12-18-22-19(15-8-6-11-17(13-15)24(25)26)20(23(14)18)21-16-9-3-2-4-10-16/h5-8,11-13,16,21H,2-4,9-10H2,1H3. The Morgan fingerprint density at radius 1 is 1.15 bits per heavy atom. The molecule has 1 aliphatic carbocycles. The first-order valence-corrected chi connectivity index (χ1v) is 9.13. The van der Waals surface area contributed by atoms with E-state index in [2.05, 4.69) is 22.7 Å². The zero-order valence-electron chi connectivity index (χ0n) is 14.8. The highest BCUT2D eigenvalue weighted by Crippen LogP contribution is 2.33. The summed E-state index contributed by atoms with van der Waals surface area (Å²) in [6.45, 7) is 2.05. The van der Waals surface area contributed by atoms with Gasteiger partial charge in [0.2, 0.25) is 0 Å². The third kappa shape index (κ3) is 3.03. The summed E-state index contributed by atoms with van der Waals surface area (Å²) in [7, 11) is 0. The van der Waals surface area contributed by atoms with E-state index in [0.717, 1.165) is 41.3 Å². The molecule has 0 bridgehead atoms. The predicted molar refractivity (Wildman–Crippen MR) is 103 cm³/mol. The number of non-ortho nitro benzene ring substituents is 1. The number of fused-ring (bicyclic) bond motifs is 1. The number of aryl methyl sites for hydroxylation is 1. The first-order chi connectivity index (χ1) is 12.6. The normalized spacial score (nSPS) is 15.3. The number of nitro benzene ring substituents is 1. The average Bonchev–Trinajstić information content (AvgIpc) is 3.02. The Bertz CT molecular complexity index is 958. The van der Waals surface area contributed by atoms with Crippen molar-refractivity contribution in [1.29, 1.82) is 0 Å². The number of nitro groups is 1. The van der Waals surface area contributed by atoms with Crippen LogP contribution in [0.5, 0.6) is 0 Å². The number of hydrogen-bond donors (Lipinski definition) is 1. The minimum absolute atomic E-state index is 0.0832. The number of hydrogen-bond acceptors (Lipinski definition) is 4. The molecule has 134 valence electrons. The quantitative estimate of drug-likeness (QED) is 0.533. The lowest BCUT2D eigenvalue weighted by Crippen LogP contribution is -2.23. The molecule has 6 heteroatoms. The van der Waals surface area contributed by atoms with Gasteiger partial charge >= 0.3 is 0 Å². The fraction of sp³-hybridized carbons (Fsp3) is 0.350. The van der Waals surface area contributed by atoms with Gasteiger partial charge in [-0.05, 0) is 31.9 Å². The molecule has 1 fully saturated rings. The number of nitrogens with zero attached hydrogens (tertiary/aromatic N) is 3. The molecule has 0 unspecified atom stereocenters. The molecular formula is C20H22N4O2. The van der Waals surface area contributed by atoms with E-state index in [1.165, 1.54) is 25.3 Å². The maximum Gasteiger partial charge on any atom is 0.270 e. The molecule has 0 atom stereocenters. The van der Waals surface area contributed by atoms with Crippen molar-refractivity contribution in [1.82, 2.24) is 9.38 Å². The van der Waals surface area contributed by atoms with E-state index < -0.39 is 0 Å².